The maximum absolute atomic E-state index is 12.5. The van der Waals surface area contributed by atoms with Crippen LogP contribution in [0.4, 0.5) is 0 Å². The first-order valence-corrected chi connectivity index (χ1v) is 15.6. The van der Waals surface area contributed by atoms with Gasteiger partial charge >= 0.3 is 5.97 Å². The molecule has 4 atom stereocenters. The molecule has 4 unspecified atom stereocenters. The molecule has 0 aromatic heterocycles. The van der Waals surface area contributed by atoms with Crippen LogP contribution < -0.4 is 32.7 Å². The van der Waals surface area contributed by atoms with Gasteiger partial charge in [-0.1, -0.05) is 58.3 Å². The number of nitrogens with two attached hydrogens (primary N) is 2. The number of hydrogen-bond acceptors (Lipinski definition) is 9. The number of amides is 5. The van der Waals surface area contributed by atoms with Gasteiger partial charge in [-0.05, 0) is 39.0 Å². The molecular formula is C29H54N6O9. The summed E-state index contributed by atoms with van der Waals surface area (Å²) in [5, 5.41) is 28.3. The predicted octanol–water partition coefficient (Wildman–Crippen LogP) is 0.835. The standard InChI is InChI=1S/C29H54N6O9/c1-3-4-5-6-7-8-9-10-11-15-24(36)32-20(2)28(40)35-23(29(41)42)16-17-25(37)33-21(19-44-43)13-12-14-22(27(31)39)34-26(38)18-30/h20-23,43H,3-19,30H2,1-2H3,(H2,31,39)(H,32,36)(H,33,37)(H,34,38)(H,35,40)(H,41,42). The van der Waals surface area contributed by atoms with Crippen LogP contribution in [0.15, 0.2) is 0 Å². The number of carboxylic acid groups (broad SMARTS) is 1. The van der Waals surface area contributed by atoms with E-state index in [1.54, 1.807) is 0 Å². The molecule has 254 valence electrons. The third-order valence-corrected chi connectivity index (χ3v) is 7.10. The maximum atomic E-state index is 12.5. The van der Waals surface area contributed by atoms with E-state index in [1.807, 2.05) is 0 Å². The Morgan fingerprint density at radius 3 is 1.84 bits per heavy atom. The van der Waals surface area contributed by atoms with Gasteiger partial charge in [-0.25, -0.2) is 9.68 Å². The van der Waals surface area contributed by atoms with Crippen molar-refractivity contribution < 1.29 is 44.0 Å². The quantitative estimate of drug-likeness (QED) is 0.0360. The van der Waals surface area contributed by atoms with Gasteiger partial charge in [0.1, 0.15) is 24.7 Å². The summed E-state index contributed by atoms with van der Waals surface area (Å²) in [6.07, 6.45) is 10.5. The largest absolute Gasteiger partial charge is 0.480 e. The normalized spacial score (nSPS) is 13.6. The first-order chi connectivity index (χ1) is 20.9. The lowest BCUT2D eigenvalue weighted by atomic mass is 10.0. The minimum Gasteiger partial charge on any atom is -0.480 e. The molecule has 10 N–H and O–H groups in total. The van der Waals surface area contributed by atoms with Crippen LogP contribution in [0.2, 0.25) is 0 Å². The van der Waals surface area contributed by atoms with E-state index < -0.39 is 53.8 Å². The van der Waals surface area contributed by atoms with E-state index in [-0.39, 0.29) is 51.2 Å². The van der Waals surface area contributed by atoms with E-state index in [1.165, 1.54) is 39.0 Å². The molecule has 0 saturated heterocycles. The highest BCUT2D eigenvalue weighted by molar-refractivity contribution is 5.90. The van der Waals surface area contributed by atoms with Crippen molar-refractivity contribution in [3.8, 4) is 0 Å². The fourth-order valence-electron chi connectivity index (χ4n) is 4.50. The fraction of sp³-hybridized carbons (Fsp3) is 0.793. The van der Waals surface area contributed by atoms with Crippen LogP contribution in [0.25, 0.3) is 0 Å². The van der Waals surface area contributed by atoms with E-state index in [4.69, 9.17) is 16.7 Å². The first-order valence-electron chi connectivity index (χ1n) is 15.6. The minimum atomic E-state index is -1.38. The highest BCUT2D eigenvalue weighted by Gasteiger charge is 2.25. The summed E-state index contributed by atoms with van der Waals surface area (Å²) < 4.78 is 0. The molecule has 0 aromatic carbocycles. The summed E-state index contributed by atoms with van der Waals surface area (Å²) in [6.45, 7) is 3.05. The Morgan fingerprint density at radius 2 is 1.30 bits per heavy atom. The Balaban J connectivity index is 4.56. The molecule has 0 bridgehead atoms. The van der Waals surface area contributed by atoms with Crippen molar-refractivity contribution in [2.75, 3.05) is 13.2 Å². The molecule has 44 heavy (non-hydrogen) atoms. The van der Waals surface area contributed by atoms with Gasteiger partial charge < -0.3 is 37.8 Å². The second-order valence-corrected chi connectivity index (χ2v) is 11.0. The van der Waals surface area contributed by atoms with Crippen LogP contribution >= 0.6 is 0 Å². The summed E-state index contributed by atoms with van der Waals surface area (Å²) in [5.41, 5.74) is 10.5. The van der Waals surface area contributed by atoms with Crippen molar-refractivity contribution in [1.82, 2.24) is 21.3 Å². The van der Waals surface area contributed by atoms with Gasteiger partial charge in [-0.15, -0.1) is 0 Å². The lowest BCUT2D eigenvalue weighted by Crippen LogP contribution is -2.50. The third kappa shape index (κ3) is 20.6. The summed E-state index contributed by atoms with van der Waals surface area (Å²) in [4.78, 5) is 76.1. The molecule has 0 rings (SSSR count). The molecule has 0 aromatic rings. The molecule has 0 fully saturated rings. The lowest BCUT2D eigenvalue weighted by Gasteiger charge is -2.21. The Morgan fingerprint density at radius 1 is 0.705 bits per heavy atom. The first kappa shape index (κ1) is 40.7. The van der Waals surface area contributed by atoms with Crippen LogP contribution in [0, 0.1) is 0 Å². The van der Waals surface area contributed by atoms with E-state index in [0.717, 1.165) is 19.3 Å². The lowest BCUT2D eigenvalue weighted by molar-refractivity contribution is -0.246. The fourth-order valence-corrected chi connectivity index (χ4v) is 4.50. The summed E-state index contributed by atoms with van der Waals surface area (Å²) in [6, 6.07) is -3.98. The molecular weight excluding hydrogens is 576 g/mol. The number of unbranched alkanes of at least 4 members (excludes halogenated alkanes) is 8. The molecule has 0 aliphatic rings. The molecule has 0 aliphatic carbocycles. The zero-order valence-corrected chi connectivity index (χ0v) is 26.2. The number of carboxylic acids is 1. The number of hydrogen-bond donors (Lipinski definition) is 8. The maximum Gasteiger partial charge on any atom is 0.326 e. The van der Waals surface area contributed by atoms with Crippen molar-refractivity contribution in [1.29, 1.82) is 0 Å². The van der Waals surface area contributed by atoms with Crippen LogP contribution in [0.5, 0.6) is 0 Å². The number of carbonyl (C=O) groups is 6. The van der Waals surface area contributed by atoms with E-state index in [9.17, 15) is 33.9 Å². The highest BCUT2D eigenvalue weighted by atomic mass is 17.1. The number of nitrogens with one attached hydrogen (secondary N) is 4. The number of rotatable bonds is 27. The van der Waals surface area contributed by atoms with Crippen molar-refractivity contribution in [3.63, 3.8) is 0 Å². The van der Waals surface area contributed by atoms with E-state index in [0.29, 0.717) is 12.8 Å². The molecule has 5 amide bonds. The summed E-state index contributed by atoms with van der Waals surface area (Å²) in [5.74, 6) is -4.17. The van der Waals surface area contributed by atoms with Crippen molar-refractivity contribution >= 4 is 35.5 Å². The Kier molecular flexibility index (Phi) is 23.2. The van der Waals surface area contributed by atoms with Gasteiger partial charge in [0.25, 0.3) is 0 Å². The molecule has 0 aliphatic heterocycles. The van der Waals surface area contributed by atoms with Crippen LogP contribution in [0.1, 0.15) is 110 Å². The second-order valence-electron chi connectivity index (χ2n) is 11.0. The summed E-state index contributed by atoms with van der Waals surface area (Å²) in [7, 11) is 0. The molecule has 0 spiro atoms. The molecule has 0 heterocycles. The smallest absolute Gasteiger partial charge is 0.326 e. The van der Waals surface area contributed by atoms with Crippen LogP contribution in [0.3, 0.4) is 0 Å². The third-order valence-electron chi connectivity index (χ3n) is 7.10. The van der Waals surface area contributed by atoms with Gasteiger partial charge in [-0.2, -0.15) is 0 Å². The Hall–Kier alpha value is -3.30. The van der Waals surface area contributed by atoms with E-state index >= 15 is 0 Å². The second kappa shape index (κ2) is 25.1. The van der Waals surface area contributed by atoms with Gasteiger partial charge in [0.05, 0.1) is 12.6 Å². The Labute approximate surface area is 259 Å². The average molecular weight is 631 g/mol. The monoisotopic (exact) mass is 630 g/mol. The molecule has 0 radical (unpaired) electrons. The number of carbonyl (C=O) groups excluding carboxylic acids is 5. The van der Waals surface area contributed by atoms with Crippen LogP contribution in [-0.2, 0) is 33.7 Å². The molecule has 0 saturated carbocycles. The van der Waals surface area contributed by atoms with Gasteiger partial charge in [0.2, 0.25) is 29.5 Å². The minimum absolute atomic E-state index is 0.153. The van der Waals surface area contributed by atoms with Gasteiger partial charge in [0, 0.05) is 12.8 Å². The number of primary amides is 1. The number of aliphatic carboxylic acids is 1. The van der Waals surface area contributed by atoms with E-state index in [2.05, 4.69) is 33.1 Å². The van der Waals surface area contributed by atoms with Crippen molar-refractivity contribution in [3.05, 3.63) is 0 Å². The van der Waals surface area contributed by atoms with Crippen molar-refractivity contribution in [2.24, 2.45) is 11.5 Å². The summed E-state index contributed by atoms with van der Waals surface area (Å²) >= 11 is 0. The zero-order chi connectivity index (χ0) is 33.3. The molecule has 15 nitrogen and oxygen atoms in total. The van der Waals surface area contributed by atoms with Gasteiger partial charge in [-0.3, -0.25) is 29.2 Å². The topological polar surface area (TPSA) is 252 Å². The zero-order valence-electron chi connectivity index (χ0n) is 26.2. The van der Waals surface area contributed by atoms with Crippen molar-refractivity contribution in [2.45, 2.75) is 134 Å². The predicted molar refractivity (Wildman–Crippen MR) is 163 cm³/mol. The van der Waals surface area contributed by atoms with Gasteiger partial charge in [0.15, 0.2) is 0 Å². The molecule has 15 heteroatoms. The SMILES string of the molecule is CCCCCCCCCCCC(=O)NC(C)C(=O)NC(CCC(=O)NC(CCCC(NC(=O)CN)C(N)=O)COO)C(=O)O. The Bertz CT molecular complexity index is 889. The average Bonchev–Trinajstić information content (AvgIpc) is 2.97. The van der Waals surface area contributed by atoms with Crippen LogP contribution in [-0.4, -0.2) is 83.2 Å². The highest BCUT2D eigenvalue weighted by Crippen LogP contribution is 2.11.